The molecule has 1 aliphatic heterocycles. The molecule has 5 nitrogen and oxygen atoms in total. The molecule has 1 aliphatic rings. The molecule has 17 heavy (non-hydrogen) atoms. The number of likely N-dealkylation sites (tertiary alicyclic amines) is 1. The Morgan fingerprint density at radius 1 is 1.41 bits per heavy atom. The quantitative estimate of drug-likeness (QED) is 0.692. The van der Waals surface area contributed by atoms with Gasteiger partial charge >= 0.3 is 0 Å². The average Bonchev–Trinajstić information content (AvgIpc) is 2.50. The summed E-state index contributed by atoms with van der Waals surface area (Å²) in [6, 6.07) is -0.346. The van der Waals surface area contributed by atoms with Gasteiger partial charge in [0.1, 0.15) is 0 Å². The van der Waals surface area contributed by atoms with Gasteiger partial charge in [0.05, 0.1) is 12.5 Å². The summed E-state index contributed by atoms with van der Waals surface area (Å²) in [5.41, 5.74) is -0.0387. The molecule has 0 saturated carbocycles. The molecular weight excluding hydrogens is 218 g/mol. The molecule has 1 atom stereocenters. The molecule has 1 N–H and O–H groups in total. The fourth-order valence-corrected chi connectivity index (χ4v) is 1.71. The summed E-state index contributed by atoms with van der Waals surface area (Å²) in [6.07, 6.45) is 0.288. The van der Waals surface area contributed by atoms with Crippen molar-refractivity contribution in [2.24, 2.45) is 0 Å². The number of likely N-dealkylation sites (N-methyl/N-ethyl adjacent to an activating group) is 2. The Kier molecular flexibility index (Phi) is 4.27. The van der Waals surface area contributed by atoms with Crippen molar-refractivity contribution in [2.75, 3.05) is 27.2 Å². The topological polar surface area (TPSA) is 52.7 Å². The highest BCUT2D eigenvalue weighted by Gasteiger charge is 2.38. The standard InChI is InChI=1S/C12H23N3O2/c1-6-15-10(16)7-9(11(15)17)13-8-12(2,3)14(4)5/h9,13H,6-8H2,1-5H3. The van der Waals surface area contributed by atoms with E-state index in [0.717, 1.165) is 0 Å². The molecule has 0 radical (unpaired) electrons. The van der Waals surface area contributed by atoms with Gasteiger partial charge in [-0.3, -0.25) is 14.5 Å². The van der Waals surface area contributed by atoms with Crippen LogP contribution in [0.5, 0.6) is 0 Å². The minimum absolute atomic E-state index is 0.0387. The second-order valence-electron chi connectivity index (χ2n) is 5.32. The highest BCUT2D eigenvalue weighted by Crippen LogP contribution is 2.14. The molecular formula is C12H23N3O2. The number of nitrogens with zero attached hydrogens (tertiary/aromatic N) is 2. The van der Waals surface area contributed by atoms with Crippen molar-refractivity contribution < 1.29 is 9.59 Å². The third kappa shape index (κ3) is 3.04. The van der Waals surface area contributed by atoms with Crippen LogP contribution in [-0.4, -0.2) is 60.4 Å². The molecule has 0 spiro atoms. The Bertz CT molecular complexity index is 313. The van der Waals surface area contributed by atoms with Gasteiger partial charge in [-0.15, -0.1) is 0 Å². The Balaban J connectivity index is 2.55. The van der Waals surface area contributed by atoms with Crippen LogP contribution < -0.4 is 5.32 Å². The summed E-state index contributed by atoms with van der Waals surface area (Å²) in [7, 11) is 4.00. The van der Waals surface area contributed by atoms with Crippen molar-refractivity contribution in [1.29, 1.82) is 0 Å². The van der Waals surface area contributed by atoms with Crippen molar-refractivity contribution in [1.82, 2.24) is 15.1 Å². The van der Waals surface area contributed by atoms with Gasteiger partial charge in [0.25, 0.3) is 0 Å². The molecule has 0 bridgehead atoms. The normalized spacial score (nSPS) is 21.8. The zero-order valence-corrected chi connectivity index (χ0v) is 11.4. The third-order valence-corrected chi connectivity index (χ3v) is 3.55. The molecule has 5 heteroatoms. The molecule has 0 aromatic carbocycles. The molecule has 2 amide bonds. The van der Waals surface area contributed by atoms with Crippen LogP contribution in [0, 0.1) is 0 Å². The molecule has 0 aromatic rings. The molecule has 0 aromatic heterocycles. The van der Waals surface area contributed by atoms with Gasteiger partial charge in [0.2, 0.25) is 11.8 Å². The SMILES string of the molecule is CCN1C(=O)CC(NCC(C)(C)N(C)C)C1=O. The highest BCUT2D eigenvalue weighted by molar-refractivity contribution is 6.05. The van der Waals surface area contributed by atoms with Crippen LogP contribution in [0.15, 0.2) is 0 Å². The second kappa shape index (κ2) is 5.14. The van der Waals surface area contributed by atoms with E-state index < -0.39 is 0 Å². The van der Waals surface area contributed by atoms with Crippen LogP contribution in [0.1, 0.15) is 27.2 Å². The number of amides is 2. The summed E-state index contributed by atoms with van der Waals surface area (Å²) in [6.45, 7) is 7.16. The van der Waals surface area contributed by atoms with Crippen molar-refractivity contribution in [3.63, 3.8) is 0 Å². The van der Waals surface area contributed by atoms with E-state index in [1.54, 1.807) is 0 Å². The summed E-state index contributed by atoms with van der Waals surface area (Å²) >= 11 is 0. The van der Waals surface area contributed by atoms with E-state index in [9.17, 15) is 9.59 Å². The predicted molar refractivity (Wildman–Crippen MR) is 66.6 cm³/mol. The van der Waals surface area contributed by atoms with Gasteiger partial charge in [-0.1, -0.05) is 0 Å². The first kappa shape index (κ1) is 14.1. The first-order valence-electron chi connectivity index (χ1n) is 6.04. The monoisotopic (exact) mass is 241 g/mol. The van der Waals surface area contributed by atoms with Gasteiger partial charge in [0.15, 0.2) is 0 Å². The van der Waals surface area contributed by atoms with Gasteiger partial charge in [-0.2, -0.15) is 0 Å². The number of carbonyl (C=O) groups is 2. The van der Waals surface area contributed by atoms with Gasteiger partial charge in [-0.05, 0) is 34.9 Å². The Hall–Kier alpha value is -0.940. The molecule has 0 aliphatic carbocycles. The molecule has 1 heterocycles. The van der Waals surface area contributed by atoms with Gasteiger partial charge < -0.3 is 10.2 Å². The maximum Gasteiger partial charge on any atom is 0.246 e. The maximum absolute atomic E-state index is 11.9. The van der Waals surface area contributed by atoms with Gasteiger partial charge in [-0.25, -0.2) is 0 Å². The lowest BCUT2D eigenvalue weighted by Gasteiger charge is -2.33. The Labute approximate surface area is 103 Å². The maximum atomic E-state index is 11.9. The second-order valence-corrected chi connectivity index (χ2v) is 5.32. The van der Waals surface area contributed by atoms with E-state index in [0.29, 0.717) is 13.1 Å². The van der Waals surface area contributed by atoms with E-state index in [2.05, 4.69) is 24.1 Å². The number of rotatable bonds is 5. The Morgan fingerprint density at radius 3 is 2.41 bits per heavy atom. The van der Waals surface area contributed by atoms with Crippen molar-refractivity contribution >= 4 is 11.8 Å². The molecule has 1 unspecified atom stereocenters. The van der Waals surface area contributed by atoms with E-state index in [4.69, 9.17) is 0 Å². The number of imide groups is 1. The van der Waals surface area contributed by atoms with E-state index in [1.165, 1.54) is 4.90 Å². The fraction of sp³-hybridized carbons (Fsp3) is 0.833. The number of hydrogen-bond donors (Lipinski definition) is 1. The summed E-state index contributed by atoms with van der Waals surface area (Å²) < 4.78 is 0. The lowest BCUT2D eigenvalue weighted by atomic mass is 10.0. The van der Waals surface area contributed by atoms with Crippen LogP contribution >= 0.6 is 0 Å². The lowest BCUT2D eigenvalue weighted by molar-refractivity contribution is -0.138. The van der Waals surface area contributed by atoms with Crippen LogP contribution in [0.2, 0.25) is 0 Å². The molecule has 1 fully saturated rings. The first-order chi connectivity index (χ1) is 7.79. The van der Waals surface area contributed by atoms with Gasteiger partial charge in [0, 0.05) is 18.6 Å². The zero-order chi connectivity index (χ0) is 13.2. The zero-order valence-electron chi connectivity index (χ0n) is 11.4. The van der Waals surface area contributed by atoms with Crippen molar-refractivity contribution in [3.8, 4) is 0 Å². The van der Waals surface area contributed by atoms with Crippen LogP contribution in [-0.2, 0) is 9.59 Å². The smallest absolute Gasteiger partial charge is 0.246 e. The molecule has 1 saturated heterocycles. The Morgan fingerprint density at radius 2 is 2.00 bits per heavy atom. The minimum Gasteiger partial charge on any atom is -0.304 e. The minimum atomic E-state index is -0.346. The summed E-state index contributed by atoms with van der Waals surface area (Å²) in [4.78, 5) is 26.8. The number of nitrogens with one attached hydrogen (secondary N) is 1. The lowest BCUT2D eigenvalue weighted by Crippen LogP contribution is -2.50. The van der Waals surface area contributed by atoms with Crippen molar-refractivity contribution in [2.45, 2.75) is 38.8 Å². The van der Waals surface area contributed by atoms with Crippen LogP contribution in [0.25, 0.3) is 0 Å². The summed E-state index contributed by atoms with van der Waals surface area (Å²) in [5, 5.41) is 3.19. The highest BCUT2D eigenvalue weighted by atomic mass is 16.2. The van der Waals surface area contributed by atoms with E-state index in [-0.39, 0.29) is 29.8 Å². The first-order valence-corrected chi connectivity index (χ1v) is 6.04. The summed E-state index contributed by atoms with van der Waals surface area (Å²) in [5.74, 6) is -0.162. The third-order valence-electron chi connectivity index (χ3n) is 3.55. The predicted octanol–water partition coefficient (Wildman–Crippen LogP) is 0.0636. The number of carbonyl (C=O) groups excluding carboxylic acids is 2. The molecule has 98 valence electrons. The van der Waals surface area contributed by atoms with Crippen LogP contribution in [0.4, 0.5) is 0 Å². The molecule has 1 rings (SSSR count). The van der Waals surface area contributed by atoms with Crippen molar-refractivity contribution in [3.05, 3.63) is 0 Å². The van der Waals surface area contributed by atoms with E-state index >= 15 is 0 Å². The van der Waals surface area contributed by atoms with E-state index in [1.807, 2.05) is 21.0 Å². The number of hydrogen-bond acceptors (Lipinski definition) is 4. The average molecular weight is 241 g/mol. The van der Waals surface area contributed by atoms with Crippen LogP contribution in [0.3, 0.4) is 0 Å². The largest absolute Gasteiger partial charge is 0.304 e. The fourth-order valence-electron chi connectivity index (χ4n) is 1.71.